The summed E-state index contributed by atoms with van der Waals surface area (Å²) in [4.78, 5) is 24.8. The lowest BCUT2D eigenvalue weighted by Crippen LogP contribution is -2.51. The first-order valence-corrected chi connectivity index (χ1v) is 11.1. The van der Waals surface area contributed by atoms with Crippen molar-refractivity contribution in [2.45, 2.75) is 92.1 Å². The summed E-state index contributed by atoms with van der Waals surface area (Å²) in [5.41, 5.74) is -0.00675. The minimum Gasteiger partial charge on any atom is -0.462 e. The van der Waals surface area contributed by atoms with Gasteiger partial charge in [-0.15, -0.1) is 0 Å². The van der Waals surface area contributed by atoms with Crippen LogP contribution in [0.15, 0.2) is 11.4 Å². The molecule has 0 radical (unpaired) electrons. The fourth-order valence-corrected chi connectivity index (χ4v) is 6.90. The van der Waals surface area contributed by atoms with Crippen LogP contribution in [0.2, 0.25) is 0 Å². The first-order valence-electron chi connectivity index (χ1n) is 11.1. The highest BCUT2D eigenvalue weighted by atomic mass is 19.1. The average molecular weight is 391 g/mol. The molecule has 3 nitrogen and oxygen atoms in total. The molecule has 28 heavy (non-hydrogen) atoms. The Kier molecular flexibility index (Phi) is 4.60. The second-order valence-corrected chi connectivity index (χ2v) is 11.3. The maximum absolute atomic E-state index is 15.4. The Bertz CT molecular complexity index is 733. The lowest BCUT2D eigenvalue weighted by Gasteiger charge is -2.57. The number of halogens is 1. The Labute approximate surface area is 168 Å². The van der Waals surface area contributed by atoms with Crippen molar-refractivity contribution in [2.24, 2.45) is 34.0 Å². The Morgan fingerprint density at radius 2 is 1.68 bits per heavy atom. The molecular weight excluding hydrogens is 355 g/mol. The van der Waals surface area contributed by atoms with Gasteiger partial charge in [0.1, 0.15) is 17.7 Å². The van der Waals surface area contributed by atoms with Gasteiger partial charge in [0, 0.05) is 24.7 Å². The van der Waals surface area contributed by atoms with Crippen molar-refractivity contribution in [1.29, 1.82) is 0 Å². The van der Waals surface area contributed by atoms with Crippen LogP contribution in [0.1, 0.15) is 86.0 Å². The number of rotatable bonds is 1. The quantitative estimate of drug-likeness (QED) is 0.534. The zero-order valence-corrected chi connectivity index (χ0v) is 18.1. The smallest absolute Gasteiger partial charge is 0.311 e. The summed E-state index contributed by atoms with van der Waals surface area (Å²) in [6.45, 7) is 9.94. The maximum atomic E-state index is 15.4. The highest BCUT2D eigenvalue weighted by molar-refractivity contribution is 5.87. The van der Waals surface area contributed by atoms with E-state index in [2.05, 4.69) is 13.8 Å². The monoisotopic (exact) mass is 390 g/mol. The molecule has 0 unspecified atom stereocenters. The zero-order chi connectivity index (χ0) is 20.5. The van der Waals surface area contributed by atoms with Crippen LogP contribution in [0.25, 0.3) is 0 Å². The van der Waals surface area contributed by atoms with Gasteiger partial charge in [0.25, 0.3) is 0 Å². The fraction of sp³-hybridized carbons (Fsp3) is 0.833. The van der Waals surface area contributed by atoms with E-state index in [0.29, 0.717) is 36.9 Å². The van der Waals surface area contributed by atoms with Crippen LogP contribution in [0.5, 0.6) is 0 Å². The normalized spacial score (nSPS) is 43.3. The number of fused-ring (bicyclic) bond motifs is 5. The number of Topliss-reactive ketones (excluding diaryl/α,β-unsaturated/α-hetero) is 1. The largest absolute Gasteiger partial charge is 0.462 e. The topological polar surface area (TPSA) is 43.4 Å². The second kappa shape index (κ2) is 6.40. The van der Waals surface area contributed by atoms with Crippen LogP contribution in [0.4, 0.5) is 4.39 Å². The highest BCUT2D eigenvalue weighted by Crippen LogP contribution is 2.65. The fourth-order valence-electron chi connectivity index (χ4n) is 6.90. The van der Waals surface area contributed by atoms with Crippen LogP contribution < -0.4 is 0 Å². The summed E-state index contributed by atoms with van der Waals surface area (Å²) in [6, 6.07) is 0. The van der Waals surface area contributed by atoms with E-state index in [-0.39, 0.29) is 34.6 Å². The van der Waals surface area contributed by atoms with Gasteiger partial charge in [-0.2, -0.15) is 0 Å². The SMILES string of the molecule is CC(C)(C)C(=O)O[C@H]1CC[C@@]2(C)C(=C(F)C[C@@H]3[C@@H]2CC[C@]2(C)C(=O)CC[C@@H]32)C1. The molecule has 0 heterocycles. The van der Waals surface area contributed by atoms with E-state index in [9.17, 15) is 9.59 Å². The minimum atomic E-state index is -0.534. The molecule has 0 aromatic heterocycles. The van der Waals surface area contributed by atoms with Gasteiger partial charge in [0.2, 0.25) is 0 Å². The van der Waals surface area contributed by atoms with Crippen LogP contribution in [-0.4, -0.2) is 17.9 Å². The molecule has 0 saturated heterocycles. The van der Waals surface area contributed by atoms with Gasteiger partial charge in [-0.1, -0.05) is 13.8 Å². The molecule has 4 rings (SSSR count). The molecule has 3 fully saturated rings. The molecule has 4 aliphatic rings. The van der Waals surface area contributed by atoms with Crippen molar-refractivity contribution in [3.8, 4) is 0 Å². The number of hydrogen-bond acceptors (Lipinski definition) is 3. The summed E-state index contributed by atoms with van der Waals surface area (Å²) >= 11 is 0. The molecule has 4 aliphatic carbocycles. The van der Waals surface area contributed by atoms with Crippen molar-refractivity contribution in [3.05, 3.63) is 11.4 Å². The molecular formula is C24H35FO3. The van der Waals surface area contributed by atoms with E-state index in [1.807, 2.05) is 20.8 Å². The van der Waals surface area contributed by atoms with Gasteiger partial charge in [0.05, 0.1) is 5.41 Å². The number of hydrogen-bond donors (Lipinski definition) is 0. The maximum Gasteiger partial charge on any atom is 0.311 e. The van der Waals surface area contributed by atoms with Gasteiger partial charge in [-0.3, -0.25) is 9.59 Å². The average Bonchev–Trinajstić information content (AvgIpc) is 2.91. The predicted molar refractivity (Wildman–Crippen MR) is 106 cm³/mol. The van der Waals surface area contributed by atoms with Crippen LogP contribution in [-0.2, 0) is 14.3 Å². The molecule has 3 saturated carbocycles. The molecule has 0 aliphatic heterocycles. The first kappa shape index (κ1) is 20.1. The van der Waals surface area contributed by atoms with Gasteiger partial charge in [-0.25, -0.2) is 4.39 Å². The first-order chi connectivity index (χ1) is 13.0. The molecule has 0 bridgehead atoms. The number of carbonyl (C=O) groups is 2. The highest BCUT2D eigenvalue weighted by Gasteiger charge is 2.60. The van der Waals surface area contributed by atoms with Crippen molar-refractivity contribution < 1.29 is 18.7 Å². The molecule has 0 aromatic carbocycles. The number of carbonyl (C=O) groups excluding carboxylic acids is 2. The van der Waals surface area contributed by atoms with Gasteiger partial charge in [-0.05, 0) is 81.6 Å². The van der Waals surface area contributed by atoms with Crippen molar-refractivity contribution in [1.82, 2.24) is 0 Å². The van der Waals surface area contributed by atoms with Gasteiger partial charge >= 0.3 is 5.97 Å². The Balaban J connectivity index is 1.59. The number of esters is 1. The van der Waals surface area contributed by atoms with Crippen molar-refractivity contribution in [2.75, 3.05) is 0 Å². The van der Waals surface area contributed by atoms with Crippen LogP contribution in [0, 0.1) is 34.0 Å². The Hall–Kier alpha value is -1.19. The second-order valence-electron chi connectivity index (χ2n) is 11.3. The molecule has 6 atom stereocenters. The van der Waals surface area contributed by atoms with E-state index in [1.54, 1.807) is 0 Å². The number of ether oxygens (including phenoxy) is 1. The van der Waals surface area contributed by atoms with E-state index in [1.165, 1.54) is 0 Å². The molecule has 4 heteroatoms. The third-order valence-electron chi connectivity index (χ3n) is 8.70. The summed E-state index contributed by atoms with van der Waals surface area (Å²) in [5.74, 6) is 1.28. The molecule has 0 spiro atoms. The van der Waals surface area contributed by atoms with E-state index < -0.39 is 5.41 Å². The zero-order valence-electron chi connectivity index (χ0n) is 18.1. The van der Waals surface area contributed by atoms with Crippen molar-refractivity contribution >= 4 is 11.8 Å². The number of ketones is 1. The van der Waals surface area contributed by atoms with Crippen molar-refractivity contribution in [3.63, 3.8) is 0 Å². The Morgan fingerprint density at radius 1 is 1.04 bits per heavy atom. The summed E-state index contributed by atoms with van der Waals surface area (Å²) < 4.78 is 21.2. The summed E-state index contributed by atoms with van der Waals surface area (Å²) in [5, 5.41) is 0. The summed E-state index contributed by atoms with van der Waals surface area (Å²) in [7, 11) is 0. The predicted octanol–water partition coefficient (Wildman–Crippen LogP) is 5.77. The minimum absolute atomic E-state index is 0.0175. The molecule has 0 aromatic rings. The standard InChI is InChI=1S/C24H35FO3/c1-22(2,3)21(27)28-14-8-10-23(4)17-9-11-24(5)16(6-7-20(24)26)15(17)13-19(25)18(23)12-14/h14-17H,6-13H2,1-5H3/t14-,15-,16-,17-,23+,24-/m0/s1. The van der Waals surface area contributed by atoms with Crippen LogP contribution >= 0.6 is 0 Å². The Morgan fingerprint density at radius 3 is 2.36 bits per heavy atom. The molecule has 0 amide bonds. The summed E-state index contributed by atoms with van der Waals surface area (Å²) in [6.07, 6.45) is 6.05. The third kappa shape index (κ3) is 2.89. The van der Waals surface area contributed by atoms with E-state index >= 15 is 4.39 Å². The van der Waals surface area contributed by atoms with E-state index in [4.69, 9.17) is 4.74 Å². The lowest BCUT2D eigenvalue weighted by molar-refractivity contribution is -0.161. The van der Waals surface area contributed by atoms with E-state index in [0.717, 1.165) is 37.7 Å². The lowest BCUT2D eigenvalue weighted by atomic mass is 9.48. The van der Waals surface area contributed by atoms with Crippen LogP contribution in [0.3, 0.4) is 0 Å². The van der Waals surface area contributed by atoms with Gasteiger partial charge in [0.15, 0.2) is 0 Å². The number of allylic oxidation sites excluding steroid dienone is 1. The van der Waals surface area contributed by atoms with Gasteiger partial charge < -0.3 is 4.74 Å². The third-order valence-corrected chi connectivity index (χ3v) is 8.70. The molecule has 156 valence electrons. The molecule has 0 N–H and O–H groups in total.